The first-order valence-electron chi connectivity index (χ1n) is 40.0. The Hall–Kier alpha value is -9.51. The largest absolute Gasteiger partial charge is 0.481 e. The topological polar surface area (TPSA) is 503 Å². The van der Waals surface area contributed by atoms with E-state index in [4.69, 9.17) is 5.73 Å². The van der Waals surface area contributed by atoms with Crippen LogP contribution in [0.1, 0.15) is 206 Å². The van der Waals surface area contributed by atoms with Crippen molar-refractivity contribution in [2.45, 2.75) is 279 Å². The number of carbonyl (C=O) groups is 17. The number of primary amides is 1. The van der Waals surface area contributed by atoms with E-state index in [0.717, 1.165) is 86.7 Å². The van der Waals surface area contributed by atoms with Gasteiger partial charge in [0.15, 0.2) is 11.6 Å². The lowest BCUT2D eigenvalue weighted by molar-refractivity contribution is -0.148. The van der Waals surface area contributed by atoms with Crippen LogP contribution in [-0.2, 0) is 93.0 Å². The highest BCUT2D eigenvalue weighted by Crippen LogP contribution is 2.31. The smallest absolute Gasteiger partial charge is 0.305 e. The number of amides is 12. The van der Waals surface area contributed by atoms with Crippen molar-refractivity contribution in [2.75, 3.05) is 31.1 Å². The Morgan fingerprint density at radius 2 is 1.09 bits per heavy atom. The number of benzene rings is 1. The molecule has 35 heteroatoms. The standard InChI is InChI=1S/C80H116N12O21S2/c1-5-6-7-8-9-10-11-12-13-14-15-16-17-18-19-28-66(97)82-53-41-62-64(95)40-50(29-33-65(81)96)72(105)87-58-46-114-44-51-24-20-21-25-52(51)45-115-47-59(76(109)85-56(39-48(2)3)78(111)91-38-23-27-61(91)80(113)92(62)43-53)88-73(106)54(30-35-68(99)100)83-67(98)34-32-63(94)71(49(4)93)89-74(107)55(31-36-69(101)102)84-77(110)60-26-22-37-90(60)79(112)57(42-70(103)104)86-75(58)108/h6-7,9-10,12-13,20-21,24-25,48-50,53-62,71,93H,5,8,11,14-19,22-23,26-47H2,1-4H3,(H2,81,96)(H,82,97)(H,83,98)(H,84,110)(H,85,109)(H,86,108)(H,87,105)(H,88,106)(H,89,107)(H,99,100)(H,101,102)(H,103,104)/b7-6-,10-9-,13-12-/t49-,50-,53+,54+,55+,56+,57+,58+,59+,60+,61-,62+,71+/m1/s1. The van der Waals surface area contributed by atoms with Gasteiger partial charge in [0.05, 0.1) is 18.6 Å². The van der Waals surface area contributed by atoms with Gasteiger partial charge < -0.3 is 83.4 Å². The highest BCUT2D eigenvalue weighted by atomic mass is 32.2. The molecular weight excluding hydrogens is 1530 g/mol. The van der Waals surface area contributed by atoms with Crippen LogP contribution in [-0.4, -0.2) is 239 Å². The molecule has 5 heterocycles. The molecule has 13 atom stereocenters. The quantitative estimate of drug-likeness (QED) is 0.0423. The third kappa shape index (κ3) is 31.6. The Morgan fingerprint density at radius 1 is 0.548 bits per heavy atom. The molecule has 0 radical (unpaired) electrons. The van der Waals surface area contributed by atoms with E-state index in [9.17, 15) is 73.2 Å². The normalized spacial score (nSPS) is 25.8. The second kappa shape index (κ2) is 48.8. The molecule has 0 saturated carbocycles. The van der Waals surface area contributed by atoms with Crippen LogP contribution in [0.4, 0.5) is 0 Å². The molecule has 0 unspecified atom stereocenters. The van der Waals surface area contributed by atoms with E-state index < -0.39 is 231 Å². The fourth-order valence-corrected chi connectivity index (χ4v) is 16.8. The van der Waals surface area contributed by atoms with Gasteiger partial charge in [0.2, 0.25) is 70.9 Å². The van der Waals surface area contributed by atoms with E-state index >= 15 is 28.8 Å². The van der Waals surface area contributed by atoms with E-state index in [1.54, 1.807) is 38.1 Å². The van der Waals surface area contributed by atoms with E-state index in [1.165, 1.54) is 9.80 Å². The van der Waals surface area contributed by atoms with Crippen LogP contribution in [0.25, 0.3) is 0 Å². The third-order valence-electron chi connectivity index (χ3n) is 20.7. The molecule has 12 amide bonds. The summed E-state index contributed by atoms with van der Waals surface area (Å²) in [5, 5.41) is 61.6. The lowest BCUT2D eigenvalue weighted by Crippen LogP contribution is -2.60. The van der Waals surface area contributed by atoms with Crippen LogP contribution in [0, 0.1) is 11.8 Å². The number of aliphatic carboxylic acids is 3. The van der Waals surface area contributed by atoms with Gasteiger partial charge >= 0.3 is 17.9 Å². The van der Waals surface area contributed by atoms with Crippen molar-refractivity contribution in [1.29, 1.82) is 0 Å². The predicted octanol–water partition coefficient (Wildman–Crippen LogP) is 3.05. The number of Topliss-reactive ketones (excluding diaryl/α,β-unsaturated/α-hetero) is 2. The van der Waals surface area contributed by atoms with E-state index in [-0.39, 0.29) is 106 Å². The fraction of sp³-hybridized carbons (Fsp3) is 0.637. The number of carbonyl (C=O) groups excluding carboxylic acids is 14. The van der Waals surface area contributed by atoms with Gasteiger partial charge in [-0.2, -0.15) is 23.5 Å². The number of nitrogens with two attached hydrogens (primary N) is 1. The summed E-state index contributed by atoms with van der Waals surface area (Å²) < 4.78 is 0. The Balaban J connectivity index is 1.44. The van der Waals surface area contributed by atoms with Gasteiger partial charge in [0.25, 0.3) is 0 Å². The Bertz CT molecular complexity index is 3700. The van der Waals surface area contributed by atoms with Crippen LogP contribution < -0.4 is 48.3 Å². The van der Waals surface area contributed by atoms with Crippen molar-refractivity contribution in [2.24, 2.45) is 17.6 Å². The average molecular weight is 1650 g/mol. The van der Waals surface area contributed by atoms with Gasteiger partial charge in [0.1, 0.15) is 54.4 Å². The number of fused-ring (bicyclic) bond motifs is 9. The number of hydrogen-bond acceptors (Lipinski definition) is 20. The number of rotatable bonds is 28. The highest BCUT2D eigenvalue weighted by Gasteiger charge is 2.48. The van der Waals surface area contributed by atoms with Gasteiger partial charge in [-0.05, 0) is 120 Å². The first-order valence-corrected chi connectivity index (χ1v) is 42.3. The molecule has 6 rings (SSSR count). The maximum Gasteiger partial charge on any atom is 0.305 e. The number of nitrogens with zero attached hydrogens (tertiary/aromatic N) is 3. The van der Waals surface area contributed by atoms with Crippen LogP contribution in [0.2, 0.25) is 0 Å². The first kappa shape index (κ1) is 94.3. The molecule has 33 nitrogen and oxygen atoms in total. The monoisotopic (exact) mass is 1640 g/mol. The number of thioether (sulfide) groups is 2. The predicted molar refractivity (Wildman–Crippen MR) is 426 cm³/mol. The first-order chi connectivity index (χ1) is 54.8. The van der Waals surface area contributed by atoms with E-state index in [2.05, 4.69) is 85.9 Å². The second-order valence-electron chi connectivity index (χ2n) is 30.4. The van der Waals surface area contributed by atoms with Gasteiger partial charge in [-0.15, -0.1) is 0 Å². The van der Waals surface area contributed by atoms with Crippen molar-refractivity contribution in [1.82, 2.24) is 57.2 Å². The van der Waals surface area contributed by atoms with Gasteiger partial charge in [0, 0.05) is 99.6 Å². The van der Waals surface area contributed by atoms with Crippen LogP contribution in [0.3, 0.4) is 0 Å². The molecule has 5 aliphatic rings. The molecule has 634 valence electrons. The molecule has 115 heavy (non-hydrogen) atoms. The molecule has 0 aliphatic carbocycles. The number of hydrogen-bond donors (Lipinski definition) is 13. The number of nitrogens with one attached hydrogen (secondary N) is 8. The fourth-order valence-electron chi connectivity index (χ4n) is 14.6. The maximum absolute atomic E-state index is 15.5. The van der Waals surface area contributed by atoms with Crippen molar-refractivity contribution < 1.29 is 102 Å². The zero-order chi connectivity index (χ0) is 84.3. The number of carboxylic acids is 3. The second-order valence-corrected chi connectivity index (χ2v) is 32.4. The molecule has 14 N–H and O–H groups in total. The maximum atomic E-state index is 15.5. The Kier molecular flexibility index (Phi) is 40.0. The molecule has 0 spiro atoms. The van der Waals surface area contributed by atoms with Crippen LogP contribution in [0.15, 0.2) is 60.7 Å². The number of carboxylic acid groups (broad SMARTS) is 3. The molecule has 3 saturated heterocycles. The lowest BCUT2D eigenvalue weighted by Gasteiger charge is -2.34. The van der Waals surface area contributed by atoms with Gasteiger partial charge in [-0.1, -0.05) is 101 Å². The number of ketones is 2. The van der Waals surface area contributed by atoms with Crippen molar-refractivity contribution >= 4 is 124 Å². The zero-order valence-electron chi connectivity index (χ0n) is 66.2. The summed E-state index contributed by atoms with van der Waals surface area (Å²) in [5.41, 5.74) is 6.98. The third-order valence-corrected chi connectivity index (χ3v) is 22.8. The minimum absolute atomic E-state index is 0.00303. The molecule has 1 aromatic rings. The van der Waals surface area contributed by atoms with Crippen molar-refractivity contribution in [3.05, 3.63) is 71.8 Å². The van der Waals surface area contributed by atoms with E-state index in [0.29, 0.717) is 17.5 Å². The number of aliphatic hydroxyl groups excluding tert-OH is 1. The number of unbranched alkanes of at least 4 members (excludes halogenated alkanes) is 5. The summed E-state index contributed by atoms with van der Waals surface area (Å²) in [4.78, 5) is 245. The zero-order valence-corrected chi connectivity index (χ0v) is 67.8. The number of allylic oxidation sites excluding steroid dienone is 6. The molecule has 3 fully saturated rings. The summed E-state index contributed by atoms with van der Waals surface area (Å²) in [5.74, 6) is -19.4. The van der Waals surface area contributed by atoms with Gasteiger partial charge in [-0.3, -0.25) is 81.5 Å². The average Bonchev–Trinajstić information content (AvgIpc) is 1.63. The summed E-state index contributed by atoms with van der Waals surface area (Å²) in [6.45, 7) is 6.32. The highest BCUT2D eigenvalue weighted by molar-refractivity contribution is 7.99. The molecule has 5 aliphatic heterocycles. The minimum atomic E-state index is -1.98. The van der Waals surface area contributed by atoms with Crippen LogP contribution in [0.5, 0.6) is 0 Å². The van der Waals surface area contributed by atoms with Crippen molar-refractivity contribution in [3.8, 4) is 0 Å². The van der Waals surface area contributed by atoms with E-state index in [1.807, 2.05) is 0 Å². The molecular formula is C80H116N12O21S2. The SMILES string of the molecule is CC/C=C\C/C=C\C/C=C\CCCCCCCC(=O)N[C@H]1C[C@H]2C(=O)C[C@@H](CCC(N)=O)C(=O)N[C@H]3CSCc4ccccc4CSC[C@H](NC(=O)[C@H](CCC(=O)O)NC(=O)CCC(=O)[C@H]([C@@H](C)O)NC(=O)[C@H](CCC(=O)O)NC(=O)[C@@H]4CCCN4C(=O)[C@H](CC(=O)O)NC3=O)C(=O)N[C@@H](CC(C)C)C(=O)N3CCC[C@@H]3C(=O)N2C1. The minimum Gasteiger partial charge on any atom is -0.481 e. The van der Waals surface area contributed by atoms with Crippen LogP contribution >= 0.6 is 23.5 Å². The summed E-state index contributed by atoms with van der Waals surface area (Å²) in [7, 11) is 0. The lowest BCUT2D eigenvalue weighted by atomic mass is 9.91. The van der Waals surface area contributed by atoms with Crippen molar-refractivity contribution in [3.63, 3.8) is 0 Å². The van der Waals surface area contributed by atoms with Gasteiger partial charge in [-0.25, -0.2) is 0 Å². The Morgan fingerprint density at radius 3 is 1.68 bits per heavy atom. The summed E-state index contributed by atoms with van der Waals surface area (Å²) >= 11 is 2.20. The molecule has 0 aromatic heterocycles. The Labute approximate surface area is 679 Å². The number of aliphatic hydroxyl groups is 1. The summed E-state index contributed by atoms with van der Waals surface area (Å²) in [6.07, 6.45) is 12.3. The molecule has 1 aromatic carbocycles. The molecule has 2 bridgehead atoms. The summed E-state index contributed by atoms with van der Waals surface area (Å²) in [6, 6.07) is -10.0.